The normalized spacial score (nSPS) is 11.3. The number of rotatable bonds is 4. The van der Waals surface area contributed by atoms with E-state index in [0.29, 0.717) is 28.5 Å². The zero-order valence-corrected chi connectivity index (χ0v) is 16.2. The molecular weight excluding hydrogens is 445 g/mol. The van der Waals surface area contributed by atoms with Crippen molar-refractivity contribution in [2.75, 3.05) is 5.32 Å². The Hall–Kier alpha value is -2.39. The summed E-state index contributed by atoms with van der Waals surface area (Å²) in [7, 11) is 0. The van der Waals surface area contributed by atoms with E-state index in [4.69, 9.17) is 4.74 Å². The van der Waals surface area contributed by atoms with Crippen LogP contribution in [0.2, 0.25) is 0 Å². The van der Waals surface area contributed by atoms with Gasteiger partial charge in [-0.05, 0) is 55.5 Å². The molecule has 27 heavy (non-hydrogen) atoms. The summed E-state index contributed by atoms with van der Waals surface area (Å²) in [4.78, 5) is 15.2. The summed E-state index contributed by atoms with van der Waals surface area (Å²) in [5.74, 6) is 0.305. The van der Waals surface area contributed by atoms with Gasteiger partial charge in [-0.2, -0.15) is 13.2 Å². The predicted molar refractivity (Wildman–Crippen MR) is 100 cm³/mol. The number of nitrogens with one attached hydrogen (secondary N) is 1. The van der Waals surface area contributed by atoms with E-state index in [0.717, 1.165) is 4.47 Å². The number of carbonyl (C=O) groups is 1. The van der Waals surface area contributed by atoms with Crippen LogP contribution in [0.5, 0.6) is 11.5 Å². The number of aromatic nitrogens is 1. The molecule has 0 saturated carbocycles. The highest BCUT2D eigenvalue weighted by atomic mass is 79.9. The molecule has 140 valence electrons. The SMILES string of the molecule is Cc1nc(C(F)(F)F)c(C(=O)Nc2ccc(Oc3ccc(Br)cc3)cc2)s1. The highest BCUT2D eigenvalue weighted by molar-refractivity contribution is 9.10. The first-order valence-corrected chi connectivity index (χ1v) is 9.23. The molecule has 3 aromatic rings. The van der Waals surface area contributed by atoms with Crippen LogP contribution in [0.1, 0.15) is 20.4 Å². The molecule has 0 atom stereocenters. The van der Waals surface area contributed by atoms with E-state index in [1.165, 1.54) is 6.92 Å². The molecule has 0 aliphatic heterocycles. The maximum Gasteiger partial charge on any atom is 0.435 e. The number of hydrogen-bond acceptors (Lipinski definition) is 4. The maximum absolute atomic E-state index is 13.0. The molecule has 1 N–H and O–H groups in total. The van der Waals surface area contributed by atoms with E-state index in [2.05, 4.69) is 26.2 Å². The summed E-state index contributed by atoms with van der Waals surface area (Å²) >= 11 is 4.03. The second-order valence-corrected chi connectivity index (χ2v) is 7.56. The Morgan fingerprint density at radius 2 is 1.63 bits per heavy atom. The Balaban J connectivity index is 1.71. The smallest absolute Gasteiger partial charge is 0.435 e. The van der Waals surface area contributed by atoms with Gasteiger partial charge in [0.15, 0.2) is 5.69 Å². The van der Waals surface area contributed by atoms with Crippen LogP contribution < -0.4 is 10.1 Å². The Morgan fingerprint density at radius 3 is 2.19 bits per heavy atom. The number of carbonyl (C=O) groups excluding carboxylic acids is 1. The number of nitrogens with zero attached hydrogens (tertiary/aromatic N) is 1. The number of aryl methyl sites for hydroxylation is 1. The van der Waals surface area contributed by atoms with Crippen molar-refractivity contribution in [3.63, 3.8) is 0 Å². The largest absolute Gasteiger partial charge is 0.457 e. The summed E-state index contributed by atoms with van der Waals surface area (Å²) in [6.45, 7) is 1.42. The summed E-state index contributed by atoms with van der Waals surface area (Å²) in [5, 5.41) is 2.62. The number of alkyl halides is 3. The molecule has 1 amide bonds. The van der Waals surface area contributed by atoms with Crippen molar-refractivity contribution in [1.29, 1.82) is 0 Å². The van der Waals surface area contributed by atoms with Crippen LogP contribution in [0.15, 0.2) is 53.0 Å². The Labute approximate surface area is 165 Å². The Bertz CT molecular complexity index is 954. The minimum atomic E-state index is -4.68. The fraction of sp³-hybridized carbons (Fsp3) is 0.111. The van der Waals surface area contributed by atoms with E-state index in [-0.39, 0.29) is 5.01 Å². The number of benzene rings is 2. The van der Waals surface area contributed by atoms with E-state index in [1.807, 2.05) is 12.1 Å². The first-order chi connectivity index (χ1) is 12.7. The molecule has 9 heteroatoms. The zero-order valence-electron chi connectivity index (χ0n) is 13.8. The summed E-state index contributed by atoms with van der Waals surface area (Å²) < 4.78 is 45.5. The number of thiazole rings is 1. The molecule has 0 radical (unpaired) electrons. The second-order valence-electron chi connectivity index (χ2n) is 5.44. The van der Waals surface area contributed by atoms with Gasteiger partial charge in [-0.25, -0.2) is 4.98 Å². The zero-order chi connectivity index (χ0) is 19.6. The van der Waals surface area contributed by atoms with E-state index in [9.17, 15) is 18.0 Å². The molecule has 4 nitrogen and oxygen atoms in total. The van der Waals surface area contributed by atoms with Gasteiger partial charge in [0, 0.05) is 10.2 Å². The lowest BCUT2D eigenvalue weighted by Crippen LogP contribution is -2.17. The van der Waals surface area contributed by atoms with Crippen LogP contribution in [0, 0.1) is 6.92 Å². The lowest BCUT2D eigenvalue weighted by Gasteiger charge is -2.09. The standard InChI is InChI=1S/C18H12BrF3N2O2S/c1-10-23-16(18(20,21)22)15(27-10)17(25)24-12-4-8-14(9-5-12)26-13-6-2-11(19)3-7-13/h2-9H,1H3,(H,24,25). The summed E-state index contributed by atoms with van der Waals surface area (Å²) in [5.41, 5.74) is -0.819. The molecule has 1 heterocycles. The van der Waals surface area contributed by atoms with Crippen molar-refractivity contribution in [2.45, 2.75) is 13.1 Å². The van der Waals surface area contributed by atoms with Crippen LogP contribution in [0.4, 0.5) is 18.9 Å². The van der Waals surface area contributed by atoms with E-state index >= 15 is 0 Å². The van der Waals surface area contributed by atoms with Gasteiger partial charge in [0.05, 0.1) is 5.01 Å². The lowest BCUT2D eigenvalue weighted by molar-refractivity contribution is -0.141. The van der Waals surface area contributed by atoms with Gasteiger partial charge >= 0.3 is 6.18 Å². The summed E-state index contributed by atoms with van der Waals surface area (Å²) in [6, 6.07) is 13.6. The van der Waals surface area contributed by atoms with Gasteiger partial charge in [-0.1, -0.05) is 15.9 Å². The molecular formula is C18H12BrF3N2O2S. The molecule has 0 spiro atoms. The minimum absolute atomic E-state index is 0.172. The van der Waals surface area contributed by atoms with Gasteiger partial charge in [0.25, 0.3) is 5.91 Å². The minimum Gasteiger partial charge on any atom is -0.457 e. The molecule has 1 aromatic heterocycles. The Morgan fingerprint density at radius 1 is 1.07 bits per heavy atom. The molecule has 0 fully saturated rings. The average Bonchev–Trinajstić information content (AvgIpc) is 3.01. The summed E-state index contributed by atoms with van der Waals surface area (Å²) in [6.07, 6.45) is -4.68. The fourth-order valence-corrected chi connectivity index (χ4v) is 3.30. The van der Waals surface area contributed by atoms with Crippen molar-refractivity contribution >= 4 is 38.9 Å². The highest BCUT2D eigenvalue weighted by Crippen LogP contribution is 2.34. The van der Waals surface area contributed by atoms with Gasteiger partial charge in [0.2, 0.25) is 0 Å². The number of anilines is 1. The van der Waals surface area contributed by atoms with Crippen LogP contribution in [0.3, 0.4) is 0 Å². The van der Waals surface area contributed by atoms with Gasteiger partial charge in [-0.15, -0.1) is 11.3 Å². The Kier molecular flexibility index (Phi) is 5.52. The third-order valence-electron chi connectivity index (χ3n) is 3.37. The predicted octanol–water partition coefficient (Wildman–Crippen LogP) is 6.28. The van der Waals surface area contributed by atoms with Crippen LogP contribution in [0.25, 0.3) is 0 Å². The molecule has 0 unspecified atom stereocenters. The van der Waals surface area contributed by atoms with Gasteiger partial charge in [0.1, 0.15) is 16.4 Å². The van der Waals surface area contributed by atoms with Gasteiger partial charge < -0.3 is 10.1 Å². The first kappa shape index (κ1) is 19.4. The highest BCUT2D eigenvalue weighted by Gasteiger charge is 2.39. The van der Waals surface area contributed by atoms with Crippen molar-refractivity contribution in [3.05, 3.63) is 68.6 Å². The molecule has 0 saturated heterocycles. The quantitative estimate of drug-likeness (QED) is 0.502. The number of ether oxygens (including phenoxy) is 1. The van der Waals surface area contributed by atoms with Gasteiger partial charge in [-0.3, -0.25) is 4.79 Å². The molecule has 3 rings (SSSR count). The molecule has 0 aliphatic rings. The van der Waals surface area contributed by atoms with Crippen molar-refractivity contribution in [3.8, 4) is 11.5 Å². The maximum atomic E-state index is 13.0. The van der Waals surface area contributed by atoms with Crippen molar-refractivity contribution in [2.24, 2.45) is 0 Å². The fourth-order valence-electron chi connectivity index (χ4n) is 2.21. The average molecular weight is 457 g/mol. The monoisotopic (exact) mass is 456 g/mol. The van der Waals surface area contributed by atoms with Crippen molar-refractivity contribution < 1.29 is 22.7 Å². The second kappa shape index (κ2) is 7.69. The third kappa shape index (κ3) is 4.86. The number of hydrogen-bond donors (Lipinski definition) is 1. The van der Waals surface area contributed by atoms with Crippen LogP contribution >= 0.6 is 27.3 Å². The van der Waals surface area contributed by atoms with Crippen molar-refractivity contribution in [1.82, 2.24) is 4.98 Å². The topological polar surface area (TPSA) is 51.2 Å². The molecule has 2 aromatic carbocycles. The molecule has 0 aliphatic carbocycles. The lowest BCUT2D eigenvalue weighted by atomic mass is 10.2. The van der Waals surface area contributed by atoms with Crippen LogP contribution in [-0.4, -0.2) is 10.9 Å². The van der Waals surface area contributed by atoms with E-state index < -0.39 is 22.7 Å². The molecule has 0 bridgehead atoms. The number of amides is 1. The van der Waals surface area contributed by atoms with E-state index in [1.54, 1.807) is 36.4 Å². The first-order valence-electron chi connectivity index (χ1n) is 7.62. The third-order valence-corrected chi connectivity index (χ3v) is 4.87. The number of halogens is 4. The van der Waals surface area contributed by atoms with Crippen LogP contribution in [-0.2, 0) is 6.18 Å².